The van der Waals surface area contributed by atoms with Gasteiger partial charge in [-0.15, -0.1) is 0 Å². The molecule has 0 aliphatic heterocycles. The van der Waals surface area contributed by atoms with E-state index in [0.29, 0.717) is 29.8 Å². The predicted molar refractivity (Wildman–Crippen MR) is 70.9 cm³/mol. The summed E-state index contributed by atoms with van der Waals surface area (Å²) in [7, 11) is -4.58. The Labute approximate surface area is 116 Å². The Kier molecular flexibility index (Phi) is 6.54. The summed E-state index contributed by atoms with van der Waals surface area (Å²) in [5.41, 5.74) is 1.29. The average Bonchev–Trinajstić information content (AvgIpc) is 2.37. The number of aryl methyl sites for hydroxylation is 1. The molecule has 0 aliphatic rings. The molecule has 1 heterocycles. The first kappa shape index (κ1) is 17.0. The third-order valence-corrected chi connectivity index (χ3v) is 3.10. The maximum atomic E-state index is 10.7. The number of hydrogen-bond acceptors (Lipinski definition) is 6. The van der Waals surface area contributed by atoms with Gasteiger partial charge in [0.25, 0.3) is 0 Å². The van der Waals surface area contributed by atoms with Crippen molar-refractivity contribution >= 4 is 7.82 Å². The molecule has 8 nitrogen and oxygen atoms in total. The van der Waals surface area contributed by atoms with E-state index in [1.807, 2.05) is 0 Å². The maximum Gasteiger partial charge on any atom is 0.469 e. The van der Waals surface area contributed by atoms with E-state index in [1.54, 1.807) is 6.92 Å². The van der Waals surface area contributed by atoms with Gasteiger partial charge in [-0.05, 0) is 19.9 Å². The molecule has 20 heavy (non-hydrogen) atoms. The number of phosphoric ester groups is 1. The Hall–Kier alpha value is -1.02. The molecule has 0 unspecified atom stereocenters. The molecule has 9 heteroatoms. The van der Waals surface area contributed by atoms with Gasteiger partial charge >= 0.3 is 7.82 Å². The number of aromatic nitrogens is 1. The summed E-state index contributed by atoms with van der Waals surface area (Å²) < 4.78 is 15.1. The molecular formula is C11H19N2O6P. The second kappa shape index (κ2) is 7.68. The number of aliphatic hydroxyl groups is 1. The first-order chi connectivity index (χ1) is 9.35. The van der Waals surface area contributed by atoms with Crippen molar-refractivity contribution in [1.82, 2.24) is 10.3 Å². The number of rotatable bonds is 8. The molecular weight excluding hydrogens is 287 g/mol. The molecule has 1 aromatic heterocycles. The van der Waals surface area contributed by atoms with Crippen LogP contribution in [0.5, 0.6) is 5.75 Å². The quantitative estimate of drug-likeness (QED) is 0.339. The number of hydrogen-bond donors (Lipinski definition) is 5. The van der Waals surface area contributed by atoms with Gasteiger partial charge in [-0.2, -0.15) is 0 Å². The first-order valence-corrected chi connectivity index (χ1v) is 7.56. The standard InChI is InChI=1S/C11H19N2O6P/c1-8-11(15)10(6-12-3-2-4-14)9(5-13-8)7-19-20(16,17)18/h5,12,14-15H,2-4,6-7H2,1H3,(H2,16,17,18). The van der Waals surface area contributed by atoms with Crippen LogP contribution in [0, 0.1) is 6.92 Å². The zero-order valence-corrected chi connectivity index (χ0v) is 12.0. The molecule has 1 aromatic rings. The fraction of sp³-hybridized carbons (Fsp3) is 0.545. The zero-order chi connectivity index (χ0) is 15.2. The highest BCUT2D eigenvalue weighted by molar-refractivity contribution is 7.46. The van der Waals surface area contributed by atoms with Gasteiger partial charge in [0.05, 0.1) is 12.3 Å². The predicted octanol–water partition coefficient (Wildman–Crippen LogP) is 0.177. The molecule has 114 valence electrons. The van der Waals surface area contributed by atoms with Crippen molar-refractivity contribution in [3.05, 3.63) is 23.0 Å². The van der Waals surface area contributed by atoms with Gasteiger partial charge in [0.1, 0.15) is 5.75 Å². The minimum atomic E-state index is -4.58. The van der Waals surface area contributed by atoms with E-state index in [9.17, 15) is 9.67 Å². The lowest BCUT2D eigenvalue weighted by Gasteiger charge is -2.14. The SMILES string of the molecule is Cc1ncc(COP(=O)(O)O)c(CNCCCO)c1O. The molecule has 0 aliphatic carbocycles. The van der Waals surface area contributed by atoms with Crippen molar-refractivity contribution in [3.8, 4) is 5.75 Å². The van der Waals surface area contributed by atoms with Gasteiger partial charge in [0, 0.05) is 30.5 Å². The van der Waals surface area contributed by atoms with Crippen molar-refractivity contribution in [1.29, 1.82) is 0 Å². The fourth-order valence-electron chi connectivity index (χ4n) is 1.58. The van der Waals surface area contributed by atoms with Crippen LogP contribution < -0.4 is 5.32 Å². The monoisotopic (exact) mass is 306 g/mol. The van der Waals surface area contributed by atoms with Crippen LogP contribution in [0.2, 0.25) is 0 Å². The van der Waals surface area contributed by atoms with E-state index in [-0.39, 0.29) is 25.5 Å². The van der Waals surface area contributed by atoms with Crippen LogP contribution in [-0.2, 0) is 22.2 Å². The third kappa shape index (κ3) is 5.54. The van der Waals surface area contributed by atoms with E-state index in [0.717, 1.165) is 0 Å². The maximum absolute atomic E-state index is 10.7. The third-order valence-electron chi connectivity index (χ3n) is 2.63. The molecule has 0 saturated carbocycles. The van der Waals surface area contributed by atoms with Crippen LogP contribution in [-0.4, -0.2) is 38.1 Å². The highest BCUT2D eigenvalue weighted by atomic mass is 31.2. The number of aliphatic hydroxyl groups excluding tert-OH is 1. The largest absolute Gasteiger partial charge is 0.506 e. The summed E-state index contributed by atoms with van der Waals surface area (Å²) in [6.45, 7) is 2.18. The Balaban J connectivity index is 2.82. The molecule has 1 rings (SSSR count). The Morgan fingerprint density at radius 2 is 2.15 bits per heavy atom. The summed E-state index contributed by atoms with van der Waals surface area (Å²) in [6, 6.07) is 0. The smallest absolute Gasteiger partial charge is 0.469 e. The van der Waals surface area contributed by atoms with Crippen molar-refractivity contribution in [2.45, 2.75) is 26.5 Å². The normalized spacial score (nSPS) is 11.8. The summed E-state index contributed by atoms with van der Waals surface area (Å²) in [5, 5.41) is 21.7. The number of aromatic hydroxyl groups is 1. The molecule has 0 bridgehead atoms. The van der Waals surface area contributed by atoms with Crippen LogP contribution in [0.25, 0.3) is 0 Å². The van der Waals surface area contributed by atoms with Gasteiger partial charge < -0.3 is 25.3 Å². The Morgan fingerprint density at radius 3 is 2.75 bits per heavy atom. The number of nitrogens with zero attached hydrogens (tertiary/aromatic N) is 1. The number of phosphoric acid groups is 1. The lowest BCUT2D eigenvalue weighted by molar-refractivity contribution is 0.188. The Morgan fingerprint density at radius 1 is 1.45 bits per heavy atom. The Bertz CT molecular complexity index is 490. The van der Waals surface area contributed by atoms with Crippen LogP contribution in [0.15, 0.2) is 6.20 Å². The van der Waals surface area contributed by atoms with E-state index in [2.05, 4.69) is 14.8 Å². The average molecular weight is 306 g/mol. The highest BCUT2D eigenvalue weighted by Crippen LogP contribution is 2.38. The fourth-order valence-corrected chi connectivity index (χ4v) is 1.88. The summed E-state index contributed by atoms with van der Waals surface area (Å²) in [6.07, 6.45) is 1.98. The lowest BCUT2D eigenvalue weighted by Crippen LogP contribution is -2.17. The van der Waals surface area contributed by atoms with Crippen molar-refractivity contribution in [3.63, 3.8) is 0 Å². The van der Waals surface area contributed by atoms with E-state index >= 15 is 0 Å². The molecule has 0 fully saturated rings. The van der Waals surface area contributed by atoms with Gasteiger partial charge in [-0.1, -0.05) is 0 Å². The molecule has 0 atom stereocenters. The highest BCUT2D eigenvalue weighted by Gasteiger charge is 2.17. The van der Waals surface area contributed by atoms with E-state index in [4.69, 9.17) is 14.9 Å². The van der Waals surface area contributed by atoms with E-state index < -0.39 is 7.82 Å². The lowest BCUT2D eigenvalue weighted by atomic mass is 10.1. The summed E-state index contributed by atoms with van der Waals surface area (Å²) in [4.78, 5) is 21.3. The van der Waals surface area contributed by atoms with E-state index in [1.165, 1.54) is 6.20 Å². The second-order valence-corrected chi connectivity index (χ2v) is 5.45. The van der Waals surface area contributed by atoms with Gasteiger partial charge in [-0.3, -0.25) is 9.51 Å². The topological polar surface area (TPSA) is 132 Å². The van der Waals surface area contributed by atoms with Crippen LogP contribution >= 0.6 is 7.82 Å². The molecule has 0 amide bonds. The van der Waals surface area contributed by atoms with Crippen LogP contribution in [0.1, 0.15) is 23.2 Å². The second-order valence-electron chi connectivity index (χ2n) is 4.21. The number of nitrogens with one attached hydrogen (secondary N) is 1. The first-order valence-electron chi connectivity index (χ1n) is 6.03. The van der Waals surface area contributed by atoms with Gasteiger partial charge in [-0.25, -0.2) is 4.57 Å². The minimum absolute atomic E-state index is 0.0340. The summed E-state index contributed by atoms with van der Waals surface area (Å²) in [5.74, 6) is -0.0340. The van der Waals surface area contributed by atoms with Crippen molar-refractivity contribution in [2.24, 2.45) is 0 Å². The summed E-state index contributed by atoms with van der Waals surface area (Å²) >= 11 is 0. The molecule has 0 aromatic carbocycles. The van der Waals surface area contributed by atoms with Crippen molar-refractivity contribution < 1.29 is 29.1 Å². The van der Waals surface area contributed by atoms with Crippen LogP contribution in [0.3, 0.4) is 0 Å². The minimum Gasteiger partial charge on any atom is -0.506 e. The number of pyridine rings is 1. The molecule has 0 spiro atoms. The molecule has 0 radical (unpaired) electrons. The molecule has 0 saturated heterocycles. The van der Waals surface area contributed by atoms with Crippen molar-refractivity contribution in [2.75, 3.05) is 13.2 Å². The van der Waals surface area contributed by atoms with Gasteiger partial charge in [0.2, 0.25) is 0 Å². The van der Waals surface area contributed by atoms with Gasteiger partial charge in [0.15, 0.2) is 0 Å². The van der Waals surface area contributed by atoms with Crippen LogP contribution in [0.4, 0.5) is 0 Å². The zero-order valence-electron chi connectivity index (χ0n) is 11.1. The molecule has 5 N–H and O–H groups in total.